The van der Waals surface area contributed by atoms with Crippen molar-refractivity contribution in [1.29, 1.82) is 0 Å². The van der Waals surface area contributed by atoms with Crippen LogP contribution in [0.3, 0.4) is 0 Å². The van der Waals surface area contributed by atoms with E-state index in [0.29, 0.717) is 32.1 Å². The number of nitrogens with one attached hydrogen (secondary N) is 1. The maximum atomic E-state index is 12.4. The second-order valence-corrected chi connectivity index (χ2v) is 7.63. The predicted octanol–water partition coefficient (Wildman–Crippen LogP) is 1.72. The Hall–Kier alpha value is -1.90. The molecule has 8 heteroatoms. The van der Waals surface area contributed by atoms with Gasteiger partial charge in [-0.3, -0.25) is 4.68 Å². The summed E-state index contributed by atoms with van der Waals surface area (Å²) in [6.07, 6.45) is 3.50. The first-order chi connectivity index (χ1) is 12.1. The van der Waals surface area contributed by atoms with Crippen molar-refractivity contribution in [2.45, 2.75) is 37.8 Å². The lowest BCUT2D eigenvalue weighted by Gasteiger charge is -2.15. The highest BCUT2D eigenvalue weighted by Crippen LogP contribution is 2.17. The molecule has 1 aromatic heterocycles. The highest BCUT2D eigenvalue weighted by Gasteiger charge is 2.17. The fraction of sp³-hybridized carbons (Fsp3) is 0.471. The zero-order chi connectivity index (χ0) is 17.7. The molecule has 25 heavy (non-hydrogen) atoms. The molecule has 0 bridgehead atoms. The second kappa shape index (κ2) is 7.99. The van der Waals surface area contributed by atoms with Gasteiger partial charge in [-0.15, -0.1) is 0 Å². The third-order valence-electron chi connectivity index (χ3n) is 4.00. The summed E-state index contributed by atoms with van der Waals surface area (Å²) in [5.74, 6) is 0.672. The lowest BCUT2D eigenvalue weighted by Crippen LogP contribution is -2.28. The Bertz CT molecular complexity index is 800. The molecule has 0 saturated heterocycles. The SMILES string of the molecule is CCCOc1ccc(S(=O)(=O)NCCn2ncc3c2CCOC3)cc1. The maximum Gasteiger partial charge on any atom is 0.240 e. The molecule has 0 aliphatic carbocycles. The van der Waals surface area contributed by atoms with Crippen LogP contribution in [-0.2, 0) is 34.3 Å². The molecule has 1 N–H and O–H groups in total. The Kier molecular flexibility index (Phi) is 5.72. The van der Waals surface area contributed by atoms with Gasteiger partial charge >= 0.3 is 0 Å². The fourth-order valence-corrected chi connectivity index (χ4v) is 3.73. The summed E-state index contributed by atoms with van der Waals surface area (Å²) in [7, 11) is -3.54. The molecule has 7 nitrogen and oxygen atoms in total. The lowest BCUT2D eigenvalue weighted by atomic mass is 10.2. The number of aromatic nitrogens is 2. The van der Waals surface area contributed by atoms with Crippen molar-refractivity contribution in [1.82, 2.24) is 14.5 Å². The molecule has 1 aliphatic rings. The van der Waals surface area contributed by atoms with Gasteiger partial charge in [0.2, 0.25) is 10.0 Å². The van der Waals surface area contributed by atoms with Crippen molar-refractivity contribution >= 4 is 10.0 Å². The van der Waals surface area contributed by atoms with Crippen molar-refractivity contribution in [3.63, 3.8) is 0 Å². The van der Waals surface area contributed by atoms with E-state index in [2.05, 4.69) is 9.82 Å². The van der Waals surface area contributed by atoms with Gasteiger partial charge in [0.15, 0.2) is 0 Å². The zero-order valence-electron chi connectivity index (χ0n) is 14.3. The van der Waals surface area contributed by atoms with Crippen molar-refractivity contribution in [2.24, 2.45) is 0 Å². The molecule has 1 aliphatic heterocycles. The predicted molar refractivity (Wildman–Crippen MR) is 93.0 cm³/mol. The summed E-state index contributed by atoms with van der Waals surface area (Å²) in [5, 5.41) is 4.32. The van der Waals surface area contributed by atoms with E-state index in [-0.39, 0.29) is 11.4 Å². The number of nitrogens with zero attached hydrogens (tertiary/aromatic N) is 2. The third-order valence-corrected chi connectivity index (χ3v) is 5.48. The number of fused-ring (bicyclic) bond motifs is 1. The summed E-state index contributed by atoms with van der Waals surface area (Å²) in [6, 6.07) is 6.46. The van der Waals surface area contributed by atoms with Gasteiger partial charge in [-0.05, 0) is 30.7 Å². The Morgan fingerprint density at radius 3 is 2.88 bits per heavy atom. The summed E-state index contributed by atoms with van der Waals surface area (Å²) < 4.78 is 40.1. The molecule has 0 unspecified atom stereocenters. The van der Waals surface area contributed by atoms with E-state index in [9.17, 15) is 8.42 Å². The minimum Gasteiger partial charge on any atom is -0.494 e. The van der Waals surface area contributed by atoms with Crippen LogP contribution in [-0.4, -0.2) is 38.0 Å². The van der Waals surface area contributed by atoms with E-state index in [1.165, 1.54) is 0 Å². The smallest absolute Gasteiger partial charge is 0.240 e. The molecule has 1 aromatic carbocycles. The Labute approximate surface area is 148 Å². The van der Waals surface area contributed by atoms with Crippen LogP contribution in [0.15, 0.2) is 35.4 Å². The normalized spacial score (nSPS) is 14.3. The Morgan fingerprint density at radius 2 is 2.12 bits per heavy atom. The van der Waals surface area contributed by atoms with Gasteiger partial charge in [-0.2, -0.15) is 5.10 Å². The molecular formula is C17H23N3O4S. The number of ether oxygens (including phenoxy) is 2. The first kappa shape index (κ1) is 17.9. The molecule has 0 fully saturated rings. The van der Waals surface area contributed by atoms with Crippen LogP contribution in [0.4, 0.5) is 0 Å². The first-order valence-electron chi connectivity index (χ1n) is 8.44. The van der Waals surface area contributed by atoms with Gasteiger partial charge in [-0.1, -0.05) is 6.92 Å². The van der Waals surface area contributed by atoms with Crippen LogP contribution in [0.2, 0.25) is 0 Å². The topological polar surface area (TPSA) is 82.5 Å². The van der Waals surface area contributed by atoms with E-state index in [4.69, 9.17) is 9.47 Å². The number of rotatable bonds is 8. The summed E-state index contributed by atoms with van der Waals surface area (Å²) in [5.41, 5.74) is 2.21. The van der Waals surface area contributed by atoms with Crippen LogP contribution < -0.4 is 9.46 Å². The Balaban J connectivity index is 1.57. The van der Waals surface area contributed by atoms with Crippen molar-refractivity contribution in [2.75, 3.05) is 19.8 Å². The average Bonchev–Trinajstić information content (AvgIpc) is 3.03. The molecular weight excluding hydrogens is 342 g/mol. The number of sulfonamides is 1. The van der Waals surface area contributed by atoms with Gasteiger partial charge < -0.3 is 9.47 Å². The molecule has 0 amide bonds. The van der Waals surface area contributed by atoms with Crippen molar-refractivity contribution in [3.05, 3.63) is 41.7 Å². The van der Waals surface area contributed by atoms with Gasteiger partial charge in [0.1, 0.15) is 5.75 Å². The molecule has 2 heterocycles. The third kappa shape index (κ3) is 4.39. The van der Waals surface area contributed by atoms with Crippen LogP contribution >= 0.6 is 0 Å². The molecule has 0 radical (unpaired) electrons. The largest absolute Gasteiger partial charge is 0.494 e. The van der Waals surface area contributed by atoms with E-state index in [0.717, 1.165) is 24.1 Å². The average molecular weight is 365 g/mol. The van der Waals surface area contributed by atoms with Gasteiger partial charge in [0.05, 0.1) is 37.5 Å². The lowest BCUT2D eigenvalue weighted by molar-refractivity contribution is 0.109. The summed E-state index contributed by atoms with van der Waals surface area (Å²) >= 11 is 0. The van der Waals surface area contributed by atoms with Crippen LogP contribution in [0, 0.1) is 0 Å². The summed E-state index contributed by atoms with van der Waals surface area (Å²) in [4.78, 5) is 0.229. The molecule has 136 valence electrons. The van der Waals surface area contributed by atoms with Crippen molar-refractivity contribution < 1.29 is 17.9 Å². The molecule has 2 aromatic rings. The zero-order valence-corrected chi connectivity index (χ0v) is 15.1. The number of hydrogen-bond donors (Lipinski definition) is 1. The van der Waals surface area contributed by atoms with Crippen molar-refractivity contribution in [3.8, 4) is 5.75 Å². The first-order valence-corrected chi connectivity index (χ1v) is 9.92. The van der Waals surface area contributed by atoms with Crippen LogP contribution in [0.25, 0.3) is 0 Å². The molecule has 0 spiro atoms. The van der Waals surface area contributed by atoms with E-state index >= 15 is 0 Å². The monoisotopic (exact) mass is 365 g/mol. The Morgan fingerprint density at radius 1 is 1.32 bits per heavy atom. The van der Waals surface area contributed by atoms with E-state index in [1.54, 1.807) is 30.5 Å². The second-order valence-electron chi connectivity index (χ2n) is 5.86. The van der Waals surface area contributed by atoms with E-state index in [1.807, 2.05) is 11.6 Å². The number of hydrogen-bond acceptors (Lipinski definition) is 5. The fourth-order valence-electron chi connectivity index (χ4n) is 2.71. The number of benzene rings is 1. The molecule has 0 saturated carbocycles. The van der Waals surface area contributed by atoms with Gasteiger partial charge in [0.25, 0.3) is 0 Å². The highest BCUT2D eigenvalue weighted by molar-refractivity contribution is 7.89. The molecule has 0 atom stereocenters. The standard InChI is InChI=1S/C17H23N3O4S/c1-2-10-24-15-3-5-16(6-4-15)25(21,22)19-8-9-20-17-7-11-23-13-14(17)12-18-20/h3-6,12,19H,2,7-11,13H2,1H3. The highest BCUT2D eigenvalue weighted by atomic mass is 32.2. The minimum atomic E-state index is -3.54. The van der Waals surface area contributed by atoms with Crippen LogP contribution in [0.5, 0.6) is 5.75 Å². The minimum absolute atomic E-state index is 0.229. The molecule has 3 rings (SSSR count). The quantitative estimate of drug-likeness (QED) is 0.770. The van der Waals surface area contributed by atoms with E-state index < -0.39 is 10.0 Å². The maximum absolute atomic E-state index is 12.4. The summed E-state index contributed by atoms with van der Waals surface area (Å²) in [6.45, 7) is 4.66. The van der Waals surface area contributed by atoms with Gasteiger partial charge in [-0.25, -0.2) is 13.1 Å². The van der Waals surface area contributed by atoms with Gasteiger partial charge in [0, 0.05) is 24.2 Å². The van der Waals surface area contributed by atoms with Crippen LogP contribution in [0.1, 0.15) is 24.6 Å².